The standard InChI is InChI=1S/C32H32ClN3O5S/c1-34-32(38)30(21-24-12-5-3-6-13-24)35(22-25-14-11-15-26(20-25)41-2)31(37)23-36(29-19-10-9-18-28(29)33)42(39,40)27-16-7-4-8-17-27/h3-20,30H,21-23H2,1-2H3,(H,34,38)/t30-/m1/s1. The van der Waals surface area contributed by atoms with Crippen LogP contribution in [-0.2, 0) is 32.6 Å². The van der Waals surface area contributed by atoms with Crippen LogP contribution in [0.1, 0.15) is 11.1 Å². The number of carbonyl (C=O) groups is 2. The van der Waals surface area contributed by atoms with Gasteiger partial charge in [-0.25, -0.2) is 8.42 Å². The normalized spacial score (nSPS) is 11.8. The minimum Gasteiger partial charge on any atom is -0.497 e. The van der Waals surface area contributed by atoms with Crippen LogP contribution in [0.25, 0.3) is 0 Å². The summed E-state index contributed by atoms with van der Waals surface area (Å²) in [6, 6.07) is 29.8. The van der Waals surface area contributed by atoms with Gasteiger partial charge in [0.05, 0.1) is 22.7 Å². The second-order valence-corrected chi connectivity index (χ2v) is 11.7. The number of sulfonamides is 1. The molecule has 8 nitrogen and oxygen atoms in total. The third kappa shape index (κ3) is 7.29. The lowest BCUT2D eigenvalue weighted by Gasteiger charge is -2.33. The zero-order valence-electron chi connectivity index (χ0n) is 23.3. The molecule has 0 bridgehead atoms. The number of benzene rings is 4. The van der Waals surface area contributed by atoms with E-state index in [-0.39, 0.29) is 34.5 Å². The lowest BCUT2D eigenvalue weighted by atomic mass is 10.0. The highest BCUT2D eigenvalue weighted by Gasteiger charge is 2.35. The van der Waals surface area contributed by atoms with Crippen molar-refractivity contribution < 1.29 is 22.7 Å². The van der Waals surface area contributed by atoms with Crippen molar-refractivity contribution in [1.82, 2.24) is 10.2 Å². The first-order valence-corrected chi connectivity index (χ1v) is 15.1. The van der Waals surface area contributed by atoms with Gasteiger partial charge >= 0.3 is 0 Å². The smallest absolute Gasteiger partial charge is 0.264 e. The number of hydrogen-bond acceptors (Lipinski definition) is 5. The molecule has 0 aliphatic heterocycles. The third-order valence-corrected chi connectivity index (χ3v) is 8.83. The first kappa shape index (κ1) is 30.6. The summed E-state index contributed by atoms with van der Waals surface area (Å²) in [5.74, 6) is -0.379. The van der Waals surface area contributed by atoms with Crippen LogP contribution in [0.5, 0.6) is 5.75 Å². The number of ether oxygens (including phenoxy) is 1. The van der Waals surface area contributed by atoms with Crippen LogP contribution in [-0.4, -0.2) is 51.9 Å². The fourth-order valence-corrected chi connectivity index (χ4v) is 6.32. The Balaban J connectivity index is 1.80. The Morgan fingerprint density at radius 1 is 0.857 bits per heavy atom. The largest absolute Gasteiger partial charge is 0.497 e. The number of methoxy groups -OCH3 is 1. The lowest BCUT2D eigenvalue weighted by molar-refractivity contribution is -0.139. The van der Waals surface area contributed by atoms with Crippen LogP contribution in [0.4, 0.5) is 5.69 Å². The van der Waals surface area contributed by atoms with Crippen molar-refractivity contribution >= 4 is 39.1 Å². The molecular weight excluding hydrogens is 574 g/mol. The molecule has 0 saturated heterocycles. The Labute approximate surface area is 251 Å². The highest BCUT2D eigenvalue weighted by Crippen LogP contribution is 2.31. The van der Waals surface area contributed by atoms with Crippen LogP contribution in [0.2, 0.25) is 5.02 Å². The Bertz CT molecular complexity index is 1620. The Morgan fingerprint density at radius 2 is 1.48 bits per heavy atom. The third-order valence-electron chi connectivity index (χ3n) is 6.74. The number of rotatable bonds is 12. The van der Waals surface area contributed by atoms with Gasteiger partial charge in [0.25, 0.3) is 10.0 Å². The van der Waals surface area contributed by atoms with Crippen LogP contribution in [0, 0.1) is 0 Å². The monoisotopic (exact) mass is 605 g/mol. The molecule has 10 heteroatoms. The van der Waals surface area contributed by atoms with E-state index in [2.05, 4.69) is 5.32 Å². The molecule has 0 aliphatic rings. The van der Waals surface area contributed by atoms with E-state index in [0.29, 0.717) is 11.3 Å². The first-order chi connectivity index (χ1) is 20.2. The minimum absolute atomic E-state index is 0.00389. The molecule has 2 amide bonds. The molecule has 4 aromatic rings. The van der Waals surface area contributed by atoms with Gasteiger partial charge in [-0.1, -0.05) is 84.4 Å². The number of halogens is 1. The topological polar surface area (TPSA) is 96.0 Å². The molecule has 0 heterocycles. The quantitative estimate of drug-likeness (QED) is 0.247. The highest BCUT2D eigenvalue weighted by atomic mass is 35.5. The van der Waals surface area contributed by atoms with Crippen molar-refractivity contribution in [3.63, 3.8) is 0 Å². The van der Waals surface area contributed by atoms with Gasteiger partial charge in [-0.05, 0) is 47.5 Å². The van der Waals surface area contributed by atoms with Crippen molar-refractivity contribution in [3.05, 3.63) is 125 Å². The van der Waals surface area contributed by atoms with E-state index in [4.69, 9.17) is 16.3 Å². The molecule has 0 radical (unpaired) electrons. The zero-order chi connectivity index (χ0) is 30.1. The molecular formula is C32H32ClN3O5S. The zero-order valence-corrected chi connectivity index (χ0v) is 24.9. The maximum atomic E-state index is 14.3. The van der Waals surface area contributed by atoms with Gasteiger partial charge in [-0.15, -0.1) is 0 Å². The van der Waals surface area contributed by atoms with E-state index in [1.807, 2.05) is 36.4 Å². The molecule has 4 aromatic carbocycles. The predicted molar refractivity (Wildman–Crippen MR) is 164 cm³/mol. The summed E-state index contributed by atoms with van der Waals surface area (Å²) in [6.07, 6.45) is 0.216. The summed E-state index contributed by atoms with van der Waals surface area (Å²) in [5, 5.41) is 2.83. The molecule has 0 aliphatic carbocycles. The van der Waals surface area contributed by atoms with Gasteiger partial charge in [0.2, 0.25) is 11.8 Å². The maximum absolute atomic E-state index is 14.3. The summed E-state index contributed by atoms with van der Waals surface area (Å²) in [6.45, 7) is -0.560. The van der Waals surface area contributed by atoms with Crippen LogP contribution in [0.15, 0.2) is 114 Å². The summed E-state index contributed by atoms with van der Waals surface area (Å²) >= 11 is 6.47. The molecule has 4 rings (SSSR count). The highest BCUT2D eigenvalue weighted by molar-refractivity contribution is 7.92. The number of para-hydroxylation sites is 1. The van der Waals surface area contributed by atoms with Gasteiger partial charge < -0.3 is 15.0 Å². The maximum Gasteiger partial charge on any atom is 0.264 e. The minimum atomic E-state index is -4.22. The fraction of sp³-hybridized carbons (Fsp3) is 0.188. The van der Waals surface area contributed by atoms with E-state index >= 15 is 0 Å². The summed E-state index contributed by atoms with van der Waals surface area (Å²) in [5.41, 5.74) is 1.70. The molecule has 1 atom stereocenters. The second kappa shape index (κ2) is 14.0. The van der Waals surface area contributed by atoms with Crippen LogP contribution >= 0.6 is 11.6 Å². The fourth-order valence-electron chi connectivity index (χ4n) is 4.58. The Hall–Kier alpha value is -4.34. The number of hydrogen-bond donors (Lipinski definition) is 1. The van der Waals surface area contributed by atoms with Gasteiger partial charge in [-0.2, -0.15) is 0 Å². The molecule has 1 N–H and O–H groups in total. The van der Waals surface area contributed by atoms with Crippen LogP contribution < -0.4 is 14.4 Å². The lowest BCUT2D eigenvalue weighted by Crippen LogP contribution is -2.53. The van der Waals surface area contributed by atoms with Gasteiger partial charge in [-0.3, -0.25) is 13.9 Å². The van der Waals surface area contributed by atoms with Gasteiger partial charge in [0.15, 0.2) is 0 Å². The number of likely N-dealkylation sites (N-methyl/N-ethyl adjacent to an activating group) is 1. The number of nitrogens with zero attached hydrogens (tertiary/aromatic N) is 2. The second-order valence-electron chi connectivity index (χ2n) is 9.47. The average Bonchev–Trinajstić information content (AvgIpc) is 3.02. The Morgan fingerprint density at radius 3 is 2.12 bits per heavy atom. The number of anilines is 1. The van der Waals surface area contributed by atoms with Crippen molar-refractivity contribution in [1.29, 1.82) is 0 Å². The molecule has 0 unspecified atom stereocenters. The van der Waals surface area contributed by atoms with E-state index in [1.165, 1.54) is 24.1 Å². The Kier molecular flexibility index (Phi) is 10.2. The van der Waals surface area contributed by atoms with Gasteiger partial charge in [0, 0.05) is 20.0 Å². The first-order valence-electron chi connectivity index (χ1n) is 13.2. The molecule has 218 valence electrons. The van der Waals surface area contributed by atoms with Gasteiger partial charge in [0.1, 0.15) is 18.3 Å². The summed E-state index contributed by atoms with van der Waals surface area (Å²) in [4.78, 5) is 29.0. The average molecular weight is 606 g/mol. The SMILES string of the molecule is CNC(=O)[C@@H](Cc1ccccc1)N(Cc1cccc(OC)c1)C(=O)CN(c1ccccc1Cl)S(=O)(=O)c1ccccc1. The van der Waals surface area contributed by atoms with Crippen LogP contribution in [0.3, 0.4) is 0 Å². The molecule has 0 spiro atoms. The molecule has 0 fully saturated rings. The number of carbonyl (C=O) groups excluding carboxylic acids is 2. The number of nitrogens with one attached hydrogen (secondary N) is 1. The molecule has 0 saturated carbocycles. The van der Waals surface area contributed by atoms with Crippen molar-refractivity contribution in [2.75, 3.05) is 25.0 Å². The predicted octanol–water partition coefficient (Wildman–Crippen LogP) is 4.93. The summed E-state index contributed by atoms with van der Waals surface area (Å²) in [7, 11) is -1.17. The molecule has 0 aromatic heterocycles. The van der Waals surface area contributed by atoms with E-state index in [9.17, 15) is 18.0 Å². The van der Waals surface area contributed by atoms with E-state index in [1.54, 1.807) is 67.8 Å². The van der Waals surface area contributed by atoms with Crippen molar-refractivity contribution in [2.45, 2.75) is 23.9 Å². The van der Waals surface area contributed by atoms with Crippen molar-refractivity contribution in [3.8, 4) is 5.75 Å². The number of amides is 2. The van der Waals surface area contributed by atoms with Crippen molar-refractivity contribution in [2.24, 2.45) is 0 Å². The van der Waals surface area contributed by atoms with E-state index in [0.717, 1.165) is 9.87 Å². The van der Waals surface area contributed by atoms with E-state index < -0.39 is 28.5 Å². The summed E-state index contributed by atoms with van der Waals surface area (Å²) < 4.78 is 34.2. The molecule has 42 heavy (non-hydrogen) atoms.